The van der Waals surface area contributed by atoms with Gasteiger partial charge in [-0.15, -0.1) is 0 Å². The maximum atomic E-state index is 11.6. The Morgan fingerprint density at radius 1 is 1.26 bits per heavy atom. The molecule has 0 atom stereocenters. The van der Waals surface area contributed by atoms with Crippen molar-refractivity contribution in [3.63, 3.8) is 0 Å². The second-order valence-electron chi connectivity index (χ2n) is 4.49. The summed E-state index contributed by atoms with van der Waals surface area (Å²) in [6.45, 7) is 7.29. The number of likely N-dealkylation sites (N-methyl/N-ethyl adjacent to an activating group) is 2. The van der Waals surface area contributed by atoms with E-state index in [1.54, 1.807) is 7.05 Å². The summed E-state index contributed by atoms with van der Waals surface area (Å²) in [5.74, 6) is 0.0400. The largest absolute Gasteiger partial charge is 0.362 e. The number of para-hydroxylation sites is 1. The van der Waals surface area contributed by atoms with Gasteiger partial charge in [0.1, 0.15) is 0 Å². The molecule has 0 radical (unpaired) electrons. The van der Waals surface area contributed by atoms with Gasteiger partial charge in [-0.2, -0.15) is 0 Å². The molecule has 106 valence electrons. The van der Waals surface area contributed by atoms with Crippen molar-refractivity contribution in [1.29, 1.82) is 0 Å². The highest BCUT2D eigenvalue weighted by molar-refractivity contribution is 5.81. The van der Waals surface area contributed by atoms with Crippen molar-refractivity contribution in [2.24, 2.45) is 0 Å². The van der Waals surface area contributed by atoms with Gasteiger partial charge in [-0.25, -0.2) is 0 Å². The Labute approximate surface area is 116 Å². The number of amides is 1. The van der Waals surface area contributed by atoms with E-state index in [1.807, 2.05) is 12.1 Å². The monoisotopic (exact) mass is 263 g/mol. The summed E-state index contributed by atoms with van der Waals surface area (Å²) in [4.78, 5) is 13.7. The predicted octanol–water partition coefficient (Wildman–Crippen LogP) is 1.76. The lowest BCUT2D eigenvalue weighted by molar-refractivity contribution is -0.119. The van der Waals surface area contributed by atoms with Crippen LogP contribution in [0.2, 0.25) is 0 Å². The van der Waals surface area contributed by atoms with Crippen LogP contribution in [0.5, 0.6) is 0 Å². The number of nitrogens with zero attached hydrogens (tertiary/aromatic N) is 1. The second kappa shape index (κ2) is 8.53. The van der Waals surface area contributed by atoms with Gasteiger partial charge in [-0.1, -0.05) is 25.1 Å². The minimum atomic E-state index is 0.0400. The molecule has 1 amide bonds. The van der Waals surface area contributed by atoms with E-state index in [-0.39, 0.29) is 5.91 Å². The fraction of sp³-hybridized carbons (Fsp3) is 0.533. The van der Waals surface area contributed by atoms with Crippen molar-refractivity contribution in [2.75, 3.05) is 31.6 Å². The van der Waals surface area contributed by atoms with Crippen LogP contribution in [0, 0.1) is 0 Å². The number of rotatable bonds is 8. The first-order valence-corrected chi connectivity index (χ1v) is 6.97. The molecule has 0 aromatic heterocycles. The van der Waals surface area contributed by atoms with E-state index < -0.39 is 0 Å². The van der Waals surface area contributed by atoms with E-state index in [4.69, 9.17) is 0 Å². The number of hydrogen-bond donors (Lipinski definition) is 2. The molecule has 0 fully saturated rings. The Morgan fingerprint density at radius 3 is 2.63 bits per heavy atom. The van der Waals surface area contributed by atoms with Gasteiger partial charge in [0.25, 0.3) is 0 Å². The lowest BCUT2D eigenvalue weighted by Gasteiger charge is -2.25. The molecule has 4 nitrogen and oxygen atoms in total. The van der Waals surface area contributed by atoms with Gasteiger partial charge in [0.05, 0.1) is 6.54 Å². The number of nitrogens with one attached hydrogen (secondary N) is 2. The first-order chi connectivity index (χ1) is 9.22. The molecule has 0 aliphatic carbocycles. The fourth-order valence-electron chi connectivity index (χ4n) is 1.99. The number of carbonyl (C=O) groups is 1. The van der Waals surface area contributed by atoms with Crippen LogP contribution in [-0.4, -0.2) is 32.6 Å². The van der Waals surface area contributed by atoms with Gasteiger partial charge in [-0.05, 0) is 31.5 Å². The lowest BCUT2D eigenvalue weighted by atomic mass is 10.1. The number of anilines is 1. The Kier molecular flexibility index (Phi) is 6.97. The third kappa shape index (κ3) is 4.91. The molecular formula is C15H25N3O. The zero-order chi connectivity index (χ0) is 14.1. The summed E-state index contributed by atoms with van der Waals surface area (Å²) in [7, 11) is 1.67. The Morgan fingerprint density at radius 2 is 2.00 bits per heavy atom. The van der Waals surface area contributed by atoms with E-state index in [0.29, 0.717) is 6.54 Å². The third-order valence-electron chi connectivity index (χ3n) is 3.07. The average Bonchev–Trinajstić information content (AvgIpc) is 2.45. The minimum absolute atomic E-state index is 0.0400. The average molecular weight is 263 g/mol. The summed E-state index contributed by atoms with van der Waals surface area (Å²) in [5, 5.41) is 6.09. The predicted molar refractivity (Wildman–Crippen MR) is 80.4 cm³/mol. The van der Waals surface area contributed by atoms with Crippen LogP contribution in [0.4, 0.5) is 5.69 Å². The Balaban J connectivity index is 2.80. The molecule has 0 aliphatic heterocycles. The fourth-order valence-corrected chi connectivity index (χ4v) is 1.99. The lowest BCUT2D eigenvalue weighted by Crippen LogP contribution is -2.36. The zero-order valence-corrected chi connectivity index (χ0v) is 12.2. The van der Waals surface area contributed by atoms with Gasteiger partial charge < -0.3 is 15.5 Å². The van der Waals surface area contributed by atoms with Crippen LogP contribution in [0.15, 0.2) is 24.3 Å². The highest BCUT2D eigenvalue weighted by Gasteiger charge is 2.11. The van der Waals surface area contributed by atoms with Crippen LogP contribution in [0.3, 0.4) is 0 Å². The summed E-state index contributed by atoms with van der Waals surface area (Å²) in [6, 6.07) is 8.26. The molecule has 1 rings (SSSR count). The summed E-state index contributed by atoms with van der Waals surface area (Å²) < 4.78 is 0. The van der Waals surface area contributed by atoms with Crippen molar-refractivity contribution in [1.82, 2.24) is 10.6 Å². The normalized spacial score (nSPS) is 10.3. The molecule has 2 N–H and O–H groups in total. The summed E-state index contributed by atoms with van der Waals surface area (Å²) in [6.07, 6.45) is 1.12. The molecule has 0 heterocycles. The van der Waals surface area contributed by atoms with Crippen molar-refractivity contribution in [3.05, 3.63) is 29.8 Å². The van der Waals surface area contributed by atoms with Crippen molar-refractivity contribution >= 4 is 11.6 Å². The highest BCUT2D eigenvalue weighted by atomic mass is 16.1. The number of carbonyl (C=O) groups excluding carboxylic acids is 1. The number of benzene rings is 1. The van der Waals surface area contributed by atoms with Crippen LogP contribution in [-0.2, 0) is 11.3 Å². The van der Waals surface area contributed by atoms with Crippen LogP contribution < -0.4 is 15.5 Å². The molecule has 0 unspecified atom stereocenters. The quantitative estimate of drug-likeness (QED) is 0.702. The van der Waals surface area contributed by atoms with Crippen molar-refractivity contribution < 1.29 is 4.79 Å². The van der Waals surface area contributed by atoms with Crippen molar-refractivity contribution in [3.8, 4) is 0 Å². The van der Waals surface area contributed by atoms with Crippen LogP contribution in [0.1, 0.15) is 25.8 Å². The Bertz CT molecular complexity index is 393. The van der Waals surface area contributed by atoms with E-state index in [9.17, 15) is 4.79 Å². The SMILES string of the molecule is CCCNCc1ccccc1N(CC)CC(=O)NC. The van der Waals surface area contributed by atoms with Gasteiger partial charge in [0.15, 0.2) is 0 Å². The number of hydrogen-bond acceptors (Lipinski definition) is 3. The van der Waals surface area contributed by atoms with E-state index in [1.165, 1.54) is 5.56 Å². The minimum Gasteiger partial charge on any atom is -0.362 e. The topological polar surface area (TPSA) is 44.4 Å². The maximum Gasteiger partial charge on any atom is 0.239 e. The molecule has 1 aromatic carbocycles. The highest BCUT2D eigenvalue weighted by Crippen LogP contribution is 2.19. The van der Waals surface area contributed by atoms with E-state index >= 15 is 0 Å². The first-order valence-electron chi connectivity index (χ1n) is 6.97. The zero-order valence-electron chi connectivity index (χ0n) is 12.2. The molecule has 0 aliphatic rings. The van der Waals surface area contributed by atoms with E-state index in [2.05, 4.69) is 41.5 Å². The van der Waals surface area contributed by atoms with Crippen molar-refractivity contribution in [2.45, 2.75) is 26.8 Å². The standard InChI is InChI=1S/C15H25N3O/c1-4-10-17-11-13-8-6-7-9-14(13)18(5-2)12-15(19)16-3/h6-9,17H,4-5,10-12H2,1-3H3,(H,16,19). The third-order valence-corrected chi connectivity index (χ3v) is 3.07. The Hall–Kier alpha value is -1.55. The molecule has 1 aromatic rings. The van der Waals surface area contributed by atoms with Gasteiger partial charge in [-0.3, -0.25) is 4.79 Å². The van der Waals surface area contributed by atoms with E-state index in [0.717, 1.165) is 31.7 Å². The van der Waals surface area contributed by atoms with Gasteiger partial charge >= 0.3 is 0 Å². The smallest absolute Gasteiger partial charge is 0.239 e. The van der Waals surface area contributed by atoms with Crippen LogP contribution >= 0.6 is 0 Å². The van der Waals surface area contributed by atoms with Gasteiger partial charge in [0.2, 0.25) is 5.91 Å². The summed E-state index contributed by atoms with van der Waals surface area (Å²) in [5.41, 5.74) is 2.37. The molecule has 0 saturated carbocycles. The molecule has 4 heteroatoms. The molecule has 19 heavy (non-hydrogen) atoms. The molecule has 0 spiro atoms. The van der Waals surface area contributed by atoms with Crippen LogP contribution in [0.25, 0.3) is 0 Å². The molecule has 0 saturated heterocycles. The second-order valence-corrected chi connectivity index (χ2v) is 4.49. The molecular weight excluding hydrogens is 238 g/mol. The summed E-state index contributed by atoms with van der Waals surface area (Å²) >= 11 is 0. The molecule has 0 bridgehead atoms. The van der Waals surface area contributed by atoms with Gasteiger partial charge in [0, 0.05) is 25.8 Å². The first kappa shape index (κ1) is 15.5. The maximum absolute atomic E-state index is 11.6.